The van der Waals surface area contributed by atoms with Crippen molar-refractivity contribution in [3.8, 4) is 10.7 Å². The third kappa shape index (κ3) is 3.14. The Labute approximate surface area is 149 Å². The van der Waals surface area contributed by atoms with E-state index in [1.165, 1.54) is 10.4 Å². The molecule has 0 aliphatic heterocycles. The van der Waals surface area contributed by atoms with E-state index in [0.717, 1.165) is 20.9 Å². The minimum Gasteiger partial charge on any atom is -0.358 e. The van der Waals surface area contributed by atoms with Gasteiger partial charge >= 0.3 is 0 Å². The summed E-state index contributed by atoms with van der Waals surface area (Å²) in [4.78, 5) is 24.7. The standard InChI is InChI=1S/C17H20N4OS2/c1-5-18-16(22)10(3)19-15-13-9(2)11(4)24-17(13)21-14(20-15)12-7-6-8-23-12/h6-8,10H,5H2,1-4H3,(H,18,22)(H,19,20,21)/t10-/m1/s1. The van der Waals surface area contributed by atoms with Gasteiger partial charge in [0.25, 0.3) is 0 Å². The van der Waals surface area contributed by atoms with Crippen molar-refractivity contribution in [2.45, 2.75) is 33.7 Å². The van der Waals surface area contributed by atoms with E-state index < -0.39 is 0 Å². The number of anilines is 1. The van der Waals surface area contributed by atoms with E-state index in [1.807, 2.05) is 31.4 Å². The summed E-state index contributed by atoms with van der Waals surface area (Å²) in [6.07, 6.45) is 0. The van der Waals surface area contributed by atoms with Crippen molar-refractivity contribution < 1.29 is 4.79 Å². The average Bonchev–Trinajstić information content (AvgIpc) is 3.17. The number of carbonyl (C=O) groups is 1. The van der Waals surface area contributed by atoms with Crippen molar-refractivity contribution in [2.75, 3.05) is 11.9 Å². The second-order valence-corrected chi connectivity index (χ2v) is 7.75. The number of nitrogens with zero attached hydrogens (tertiary/aromatic N) is 2. The number of aromatic nitrogens is 2. The number of thiophene rings is 2. The van der Waals surface area contributed by atoms with Gasteiger partial charge in [0.15, 0.2) is 5.82 Å². The van der Waals surface area contributed by atoms with Crippen LogP contribution in [0.4, 0.5) is 5.82 Å². The summed E-state index contributed by atoms with van der Waals surface area (Å²) >= 11 is 3.27. The molecule has 0 saturated carbocycles. The van der Waals surface area contributed by atoms with Gasteiger partial charge in [0, 0.05) is 11.4 Å². The molecule has 0 aliphatic rings. The van der Waals surface area contributed by atoms with Crippen LogP contribution in [0.25, 0.3) is 20.9 Å². The summed E-state index contributed by atoms with van der Waals surface area (Å²) in [5.74, 6) is 1.39. The molecule has 0 aromatic carbocycles. The van der Waals surface area contributed by atoms with E-state index in [9.17, 15) is 4.79 Å². The fourth-order valence-corrected chi connectivity index (χ4v) is 4.15. The smallest absolute Gasteiger partial charge is 0.242 e. The van der Waals surface area contributed by atoms with E-state index in [4.69, 9.17) is 9.97 Å². The highest BCUT2D eigenvalue weighted by molar-refractivity contribution is 7.19. The fourth-order valence-electron chi connectivity index (χ4n) is 2.47. The van der Waals surface area contributed by atoms with Crippen LogP contribution in [0.5, 0.6) is 0 Å². The van der Waals surface area contributed by atoms with Gasteiger partial charge in [-0.3, -0.25) is 4.79 Å². The zero-order chi connectivity index (χ0) is 17.3. The number of fused-ring (bicyclic) bond motifs is 1. The van der Waals surface area contributed by atoms with Crippen LogP contribution in [0.1, 0.15) is 24.3 Å². The Hall–Kier alpha value is -1.99. The van der Waals surface area contributed by atoms with Crippen LogP contribution in [0, 0.1) is 13.8 Å². The molecule has 0 saturated heterocycles. The first-order valence-corrected chi connectivity index (χ1v) is 9.56. The lowest BCUT2D eigenvalue weighted by Crippen LogP contribution is -2.37. The molecule has 3 rings (SSSR count). The third-order valence-corrected chi connectivity index (χ3v) is 5.83. The van der Waals surface area contributed by atoms with Gasteiger partial charge < -0.3 is 10.6 Å². The topological polar surface area (TPSA) is 66.9 Å². The maximum atomic E-state index is 12.1. The number of hydrogen-bond donors (Lipinski definition) is 2. The van der Waals surface area contributed by atoms with E-state index in [0.29, 0.717) is 12.4 Å². The molecule has 0 spiro atoms. The summed E-state index contributed by atoms with van der Waals surface area (Å²) in [6, 6.07) is 3.64. The van der Waals surface area contributed by atoms with E-state index >= 15 is 0 Å². The molecule has 3 aromatic heterocycles. The average molecular weight is 361 g/mol. The quantitative estimate of drug-likeness (QED) is 0.722. The number of likely N-dealkylation sites (N-methyl/N-ethyl adjacent to an activating group) is 1. The van der Waals surface area contributed by atoms with Gasteiger partial charge in [-0.05, 0) is 44.7 Å². The lowest BCUT2D eigenvalue weighted by atomic mass is 10.2. The third-order valence-electron chi connectivity index (χ3n) is 3.87. The lowest BCUT2D eigenvalue weighted by Gasteiger charge is -2.15. The highest BCUT2D eigenvalue weighted by Gasteiger charge is 2.19. The Kier molecular flexibility index (Phi) is 4.82. The Morgan fingerprint density at radius 2 is 2.12 bits per heavy atom. The summed E-state index contributed by atoms with van der Waals surface area (Å²) in [5, 5.41) is 9.13. The van der Waals surface area contributed by atoms with Crippen LogP contribution in [-0.4, -0.2) is 28.5 Å². The molecule has 0 radical (unpaired) electrons. The number of rotatable bonds is 5. The Balaban J connectivity index is 2.08. The molecule has 24 heavy (non-hydrogen) atoms. The first-order valence-electron chi connectivity index (χ1n) is 7.87. The van der Waals surface area contributed by atoms with E-state index in [2.05, 4.69) is 24.5 Å². The summed E-state index contributed by atoms with van der Waals surface area (Å²) in [7, 11) is 0. The molecule has 126 valence electrons. The summed E-state index contributed by atoms with van der Waals surface area (Å²) in [5.41, 5.74) is 1.17. The van der Waals surface area contributed by atoms with Gasteiger partial charge in [-0.15, -0.1) is 22.7 Å². The van der Waals surface area contributed by atoms with Crippen molar-refractivity contribution in [3.63, 3.8) is 0 Å². The van der Waals surface area contributed by atoms with E-state index in [-0.39, 0.29) is 11.9 Å². The minimum absolute atomic E-state index is 0.0356. The van der Waals surface area contributed by atoms with Gasteiger partial charge in [0.1, 0.15) is 16.7 Å². The number of aryl methyl sites for hydroxylation is 2. The van der Waals surface area contributed by atoms with Crippen LogP contribution in [0.2, 0.25) is 0 Å². The summed E-state index contributed by atoms with van der Waals surface area (Å²) in [6.45, 7) is 8.53. The Bertz CT molecular complexity index is 870. The molecule has 2 N–H and O–H groups in total. The van der Waals surface area contributed by atoms with Crippen LogP contribution in [0.3, 0.4) is 0 Å². The molecular formula is C17H20N4OS2. The number of hydrogen-bond acceptors (Lipinski definition) is 6. The molecule has 5 nitrogen and oxygen atoms in total. The maximum absolute atomic E-state index is 12.1. The Morgan fingerprint density at radius 1 is 1.33 bits per heavy atom. The van der Waals surface area contributed by atoms with E-state index in [1.54, 1.807) is 22.7 Å². The number of nitrogens with one attached hydrogen (secondary N) is 2. The van der Waals surface area contributed by atoms with Gasteiger partial charge in [-0.1, -0.05) is 6.07 Å². The number of amides is 1. The van der Waals surface area contributed by atoms with Crippen LogP contribution in [0.15, 0.2) is 17.5 Å². The zero-order valence-electron chi connectivity index (χ0n) is 14.1. The first kappa shape index (κ1) is 16.9. The van der Waals surface area contributed by atoms with Crippen molar-refractivity contribution in [1.29, 1.82) is 0 Å². The van der Waals surface area contributed by atoms with Crippen molar-refractivity contribution in [2.24, 2.45) is 0 Å². The molecule has 0 fully saturated rings. The largest absolute Gasteiger partial charge is 0.358 e. The molecule has 0 aliphatic carbocycles. The normalized spacial score (nSPS) is 12.3. The second kappa shape index (κ2) is 6.86. The van der Waals surface area contributed by atoms with Gasteiger partial charge in [-0.2, -0.15) is 0 Å². The number of carbonyl (C=O) groups excluding carboxylic acids is 1. The predicted molar refractivity (Wildman–Crippen MR) is 102 cm³/mol. The van der Waals surface area contributed by atoms with Crippen molar-refractivity contribution >= 4 is 44.6 Å². The maximum Gasteiger partial charge on any atom is 0.242 e. The highest BCUT2D eigenvalue weighted by atomic mass is 32.1. The minimum atomic E-state index is -0.362. The van der Waals surface area contributed by atoms with Crippen molar-refractivity contribution in [1.82, 2.24) is 15.3 Å². The first-order chi connectivity index (χ1) is 11.5. The molecule has 0 bridgehead atoms. The highest BCUT2D eigenvalue weighted by Crippen LogP contribution is 2.35. The second-order valence-electron chi connectivity index (χ2n) is 5.60. The zero-order valence-corrected chi connectivity index (χ0v) is 15.8. The molecule has 0 unspecified atom stereocenters. The molecule has 3 aromatic rings. The van der Waals surface area contributed by atoms with Crippen LogP contribution >= 0.6 is 22.7 Å². The van der Waals surface area contributed by atoms with Crippen LogP contribution in [-0.2, 0) is 4.79 Å². The van der Waals surface area contributed by atoms with Crippen molar-refractivity contribution in [3.05, 3.63) is 28.0 Å². The lowest BCUT2D eigenvalue weighted by molar-refractivity contribution is -0.121. The van der Waals surface area contributed by atoms with Crippen LogP contribution < -0.4 is 10.6 Å². The molecule has 3 heterocycles. The molecule has 1 amide bonds. The van der Waals surface area contributed by atoms with Gasteiger partial charge in [0.05, 0.1) is 10.3 Å². The van der Waals surface area contributed by atoms with Gasteiger partial charge in [0.2, 0.25) is 5.91 Å². The molecule has 7 heteroatoms. The molecular weight excluding hydrogens is 340 g/mol. The summed E-state index contributed by atoms with van der Waals surface area (Å²) < 4.78 is 0. The monoisotopic (exact) mass is 360 g/mol. The predicted octanol–water partition coefficient (Wildman–Crippen LogP) is 3.97. The Morgan fingerprint density at radius 3 is 2.79 bits per heavy atom. The fraction of sp³-hybridized carbons (Fsp3) is 0.353. The van der Waals surface area contributed by atoms with Gasteiger partial charge in [-0.25, -0.2) is 9.97 Å². The SMILES string of the molecule is CCNC(=O)[C@@H](C)Nc1nc(-c2cccs2)nc2sc(C)c(C)c12. The molecule has 1 atom stereocenters.